The first-order chi connectivity index (χ1) is 14.5. The van der Waals surface area contributed by atoms with Gasteiger partial charge < -0.3 is 10.2 Å². The van der Waals surface area contributed by atoms with Gasteiger partial charge in [0, 0.05) is 30.4 Å². The molecule has 30 heavy (non-hydrogen) atoms. The third kappa shape index (κ3) is 4.00. The summed E-state index contributed by atoms with van der Waals surface area (Å²) >= 11 is 0. The molecule has 0 atom stereocenters. The van der Waals surface area contributed by atoms with E-state index in [1.54, 1.807) is 4.90 Å². The predicted molar refractivity (Wildman–Crippen MR) is 115 cm³/mol. The van der Waals surface area contributed by atoms with Crippen LogP contribution in [0.2, 0.25) is 0 Å². The Morgan fingerprint density at radius 3 is 2.63 bits per heavy atom. The maximum atomic E-state index is 13.0. The first-order valence-corrected chi connectivity index (χ1v) is 9.86. The van der Waals surface area contributed by atoms with Gasteiger partial charge in [-0.15, -0.1) is 0 Å². The van der Waals surface area contributed by atoms with E-state index in [0.29, 0.717) is 6.54 Å². The molecule has 0 radical (unpaired) electrons. The second-order valence-corrected chi connectivity index (χ2v) is 7.23. The fraction of sp³-hybridized carbons (Fsp3) is 0.217. The summed E-state index contributed by atoms with van der Waals surface area (Å²) in [7, 11) is 0. The third-order valence-electron chi connectivity index (χ3n) is 5.19. The SMILES string of the molecule is Cc1ccccc1NC(=O)CCn1nc(C(=O)N2CCc3ccccc32)ccc1=O. The van der Waals surface area contributed by atoms with Crippen molar-refractivity contribution in [1.29, 1.82) is 0 Å². The van der Waals surface area contributed by atoms with Gasteiger partial charge in [0.1, 0.15) is 5.69 Å². The lowest BCUT2D eigenvalue weighted by Gasteiger charge is -2.17. The highest BCUT2D eigenvalue weighted by Crippen LogP contribution is 2.28. The van der Waals surface area contributed by atoms with Crippen molar-refractivity contribution in [2.24, 2.45) is 0 Å². The molecule has 0 saturated heterocycles. The lowest BCUT2D eigenvalue weighted by atomic mass is 10.2. The van der Waals surface area contributed by atoms with Gasteiger partial charge in [0.25, 0.3) is 11.5 Å². The van der Waals surface area contributed by atoms with E-state index < -0.39 is 0 Å². The highest BCUT2D eigenvalue weighted by atomic mass is 16.2. The number of benzene rings is 2. The number of anilines is 2. The van der Waals surface area contributed by atoms with E-state index in [1.807, 2.05) is 55.5 Å². The van der Waals surface area contributed by atoms with E-state index in [-0.39, 0.29) is 36.0 Å². The Morgan fingerprint density at radius 2 is 1.80 bits per heavy atom. The van der Waals surface area contributed by atoms with E-state index in [4.69, 9.17) is 0 Å². The van der Waals surface area contributed by atoms with Gasteiger partial charge in [-0.2, -0.15) is 5.10 Å². The summed E-state index contributed by atoms with van der Waals surface area (Å²) in [5.74, 6) is -0.471. The summed E-state index contributed by atoms with van der Waals surface area (Å²) in [4.78, 5) is 39.1. The molecule has 152 valence electrons. The number of fused-ring (bicyclic) bond motifs is 1. The molecule has 2 heterocycles. The molecule has 1 aliphatic heterocycles. The van der Waals surface area contributed by atoms with Crippen LogP contribution in [0.15, 0.2) is 65.5 Å². The normalized spacial score (nSPS) is 12.5. The Labute approximate surface area is 174 Å². The Morgan fingerprint density at radius 1 is 1.03 bits per heavy atom. The number of amides is 2. The van der Waals surface area contributed by atoms with Crippen LogP contribution in [0, 0.1) is 6.92 Å². The molecule has 0 bridgehead atoms. The Kier molecular flexibility index (Phi) is 5.43. The predicted octanol–water partition coefficient (Wildman–Crippen LogP) is 2.78. The monoisotopic (exact) mass is 402 g/mol. The number of rotatable bonds is 5. The van der Waals surface area contributed by atoms with Crippen LogP contribution in [-0.2, 0) is 17.8 Å². The van der Waals surface area contributed by atoms with Crippen molar-refractivity contribution in [3.8, 4) is 0 Å². The number of carbonyl (C=O) groups excluding carboxylic acids is 2. The van der Waals surface area contributed by atoms with Gasteiger partial charge in [-0.3, -0.25) is 14.4 Å². The van der Waals surface area contributed by atoms with Crippen molar-refractivity contribution >= 4 is 23.2 Å². The molecule has 1 N–H and O–H groups in total. The number of hydrogen-bond acceptors (Lipinski definition) is 4. The van der Waals surface area contributed by atoms with Crippen LogP contribution in [0.1, 0.15) is 28.0 Å². The molecule has 1 aromatic heterocycles. The molecule has 7 heteroatoms. The van der Waals surface area contributed by atoms with Crippen LogP contribution in [0.3, 0.4) is 0 Å². The highest BCUT2D eigenvalue weighted by molar-refractivity contribution is 6.05. The average molecular weight is 402 g/mol. The maximum absolute atomic E-state index is 13.0. The minimum atomic E-state index is -0.350. The minimum Gasteiger partial charge on any atom is -0.326 e. The van der Waals surface area contributed by atoms with E-state index in [1.165, 1.54) is 16.8 Å². The molecule has 0 spiro atoms. The zero-order valence-electron chi connectivity index (χ0n) is 16.7. The summed E-state index contributed by atoms with van der Waals surface area (Å²) in [6.07, 6.45) is 0.867. The first kappa shape index (κ1) is 19.6. The van der Waals surface area contributed by atoms with Crippen LogP contribution in [0.5, 0.6) is 0 Å². The number of para-hydroxylation sites is 2. The van der Waals surface area contributed by atoms with Gasteiger partial charge in [-0.05, 0) is 42.7 Å². The molecular weight excluding hydrogens is 380 g/mol. The molecule has 0 saturated carbocycles. The molecule has 4 rings (SSSR count). The number of aromatic nitrogens is 2. The average Bonchev–Trinajstić information content (AvgIpc) is 3.18. The Bertz CT molecular complexity index is 1170. The van der Waals surface area contributed by atoms with Gasteiger partial charge in [-0.1, -0.05) is 36.4 Å². The molecular formula is C23H22N4O3. The van der Waals surface area contributed by atoms with Gasteiger partial charge in [0.05, 0.1) is 6.54 Å². The lowest BCUT2D eigenvalue weighted by molar-refractivity contribution is -0.116. The van der Waals surface area contributed by atoms with E-state index >= 15 is 0 Å². The number of aryl methyl sites for hydroxylation is 2. The second kappa shape index (κ2) is 8.32. The fourth-order valence-corrected chi connectivity index (χ4v) is 3.54. The van der Waals surface area contributed by atoms with Crippen LogP contribution in [-0.4, -0.2) is 28.1 Å². The van der Waals surface area contributed by atoms with Gasteiger partial charge >= 0.3 is 0 Å². The standard InChI is InChI=1S/C23H22N4O3/c1-16-6-2-4-8-18(16)24-21(28)13-15-27-22(29)11-10-19(25-27)23(30)26-14-12-17-7-3-5-9-20(17)26/h2-11H,12-15H2,1H3,(H,24,28). The zero-order chi connectivity index (χ0) is 21.1. The molecule has 3 aromatic rings. The smallest absolute Gasteiger partial charge is 0.278 e. The molecule has 1 aliphatic rings. The van der Waals surface area contributed by atoms with Crippen molar-refractivity contribution in [2.75, 3.05) is 16.8 Å². The molecule has 2 amide bonds. The number of carbonyl (C=O) groups is 2. The Balaban J connectivity index is 1.46. The summed E-state index contributed by atoms with van der Waals surface area (Å²) in [5.41, 5.74) is 3.52. The topological polar surface area (TPSA) is 84.3 Å². The van der Waals surface area contributed by atoms with E-state index in [0.717, 1.165) is 28.9 Å². The summed E-state index contributed by atoms with van der Waals surface area (Å²) in [5, 5.41) is 7.06. The van der Waals surface area contributed by atoms with Gasteiger partial charge in [0.2, 0.25) is 5.91 Å². The van der Waals surface area contributed by atoms with Crippen molar-refractivity contribution in [3.05, 3.63) is 87.8 Å². The molecule has 7 nitrogen and oxygen atoms in total. The summed E-state index contributed by atoms with van der Waals surface area (Å²) in [6, 6.07) is 18.0. The van der Waals surface area contributed by atoms with Crippen LogP contribution < -0.4 is 15.8 Å². The molecule has 2 aromatic carbocycles. The van der Waals surface area contributed by atoms with Crippen molar-refractivity contribution < 1.29 is 9.59 Å². The second-order valence-electron chi connectivity index (χ2n) is 7.23. The van der Waals surface area contributed by atoms with Gasteiger partial charge in [0.15, 0.2) is 0 Å². The number of nitrogens with zero attached hydrogens (tertiary/aromatic N) is 3. The summed E-state index contributed by atoms with van der Waals surface area (Å²) in [6.45, 7) is 2.58. The molecule has 0 aliphatic carbocycles. The lowest BCUT2D eigenvalue weighted by Crippen LogP contribution is -2.33. The third-order valence-corrected chi connectivity index (χ3v) is 5.19. The maximum Gasteiger partial charge on any atom is 0.278 e. The minimum absolute atomic E-state index is 0.0748. The van der Waals surface area contributed by atoms with Crippen molar-refractivity contribution in [3.63, 3.8) is 0 Å². The van der Waals surface area contributed by atoms with Crippen LogP contribution in [0.4, 0.5) is 11.4 Å². The number of hydrogen-bond donors (Lipinski definition) is 1. The van der Waals surface area contributed by atoms with E-state index in [2.05, 4.69) is 10.4 Å². The summed E-state index contributed by atoms with van der Waals surface area (Å²) < 4.78 is 1.17. The molecule has 0 unspecified atom stereocenters. The van der Waals surface area contributed by atoms with Crippen LogP contribution in [0.25, 0.3) is 0 Å². The zero-order valence-corrected chi connectivity index (χ0v) is 16.7. The Hall–Kier alpha value is -3.74. The van der Waals surface area contributed by atoms with Crippen LogP contribution >= 0.6 is 0 Å². The van der Waals surface area contributed by atoms with Crippen molar-refractivity contribution in [2.45, 2.75) is 26.3 Å². The quantitative estimate of drug-likeness (QED) is 0.711. The van der Waals surface area contributed by atoms with E-state index in [9.17, 15) is 14.4 Å². The highest BCUT2D eigenvalue weighted by Gasteiger charge is 2.26. The molecule has 0 fully saturated rings. The fourth-order valence-electron chi connectivity index (χ4n) is 3.54. The van der Waals surface area contributed by atoms with Crippen molar-refractivity contribution in [1.82, 2.24) is 9.78 Å². The number of nitrogens with one attached hydrogen (secondary N) is 1. The first-order valence-electron chi connectivity index (χ1n) is 9.86. The largest absolute Gasteiger partial charge is 0.326 e. The van der Waals surface area contributed by atoms with Gasteiger partial charge in [-0.25, -0.2) is 4.68 Å².